The van der Waals surface area contributed by atoms with Gasteiger partial charge in [-0.25, -0.2) is 9.59 Å². The average molecular weight is 444 g/mol. The van der Waals surface area contributed by atoms with Gasteiger partial charge in [0.05, 0.1) is 25.9 Å². The van der Waals surface area contributed by atoms with Crippen LogP contribution in [0.2, 0.25) is 0 Å². The molecule has 1 aliphatic rings. The van der Waals surface area contributed by atoms with Crippen molar-refractivity contribution < 1.29 is 28.6 Å². The molecule has 172 valence electrons. The van der Waals surface area contributed by atoms with Crippen molar-refractivity contribution in [1.82, 2.24) is 9.88 Å². The van der Waals surface area contributed by atoms with Crippen LogP contribution >= 0.6 is 0 Å². The minimum atomic E-state index is -0.705. The van der Waals surface area contributed by atoms with Crippen LogP contribution < -0.4 is 5.32 Å². The second kappa shape index (κ2) is 10.9. The van der Waals surface area contributed by atoms with Crippen molar-refractivity contribution in [2.75, 3.05) is 45.3 Å². The highest BCUT2D eigenvalue weighted by atomic mass is 16.5. The third-order valence-corrected chi connectivity index (χ3v) is 5.36. The molecule has 0 saturated carbocycles. The molecular weight excluding hydrogens is 414 g/mol. The van der Waals surface area contributed by atoms with Gasteiger partial charge in [0.2, 0.25) is 0 Å². The van der Waals surface area contributed by atoms with Gasteiger partial charge in [0.15, 0.2) is 6.61 Å². The Morgan fingerprint density at radius 3 is 2.44 bits per heavy atom. The van der Waals surface area contributed by atoms with E-state index in [1.165, 1.54) is 7.11 Å². The molecule has 1 aromatic carbocycles. The summed E-state index contributed by atoms with van der Waals surface area (Å²) in [5.74, 6) is -1.68. The van der Waals surface area contributed by atoms with Crippen LogP contribution in [0.15, 0.2) is 24.3 Å². The molecule has 0 atom stereocenters. The lowest BCUT2D eigenvalue weighted by Crippen LogP contribution is -2.35. The number of ether oxygens (including phenoxy) is 3. The highest BCUT2D eigenvalue weighted by Gasteiger charge is 2.25. The van der Waals surface area contributed by atoms with Gasteiger partial charge >= 0.3 is 11.9 Å². The molecule has 0 unspecified atom stereocenters. The third kappa shape index (κ3) is 5.74. The van der Waals surface area contributed by atoms with Crippen molar-refractivity contribution >= 4 is 23.5 Å². The average Bonchev–Trinajstić information content (AvgIpc) is 3.15. The van der Waals surface area contributed by atoms with Crippen LogP contribution in [0.25, 0.3) is 0 Å². The Bertz CT molecular complexity index is 961. The molecule has 32 heavy (non-hydrogen) atoms. The van der Waals surface area contributed by atoms with Crippen molar-refractivity contribution in [3.8, 4) is 0 Å². The predicted molar refractivity (Wildman–Crippen MR) is 118 cm³/mol. The van der Waals surface area contributed by atoms with Gasteiger partial charge in [-0.1, -0.05) is 19.1 Å². The number of carbonyl (C=O) groups is 3. The van der Waals surface area contributed by atoms with E-state index in [0.29, 0.717) is 28.9 Å². The number of anilines is 1. The number of rotatable bonds is 8. The van der Waals surface area contributed by atoms with Crippen LogP contribution in [0.3, 0.4) is 0 Å². The number of amides is 1. The zero-order chi connectivity index (χ0) is 23.1. The predicted octanol–water partition coefficient (Wildman–Crippen LogP) is 2.30. The summed E-state index contributed by atoms with van der Waals surface area (Å²) in [6, 6.07) is 7.56. The number of hydrogen-bond donors (Lipinski definition) is 2. The van der Waals surface area contributed by atoms with Crippen LogP contribution in [0, 0.1) is 6.92 Å². The summed E-state index contributed by atoms with van der Waals surface area (Å²) in [7, 11) is 1.28. The highest BCUT2D eigenvalue weighted by Crippen LogP contribution is 2.21. The number of H-pyrrole nitrogens is 1. The van der Waals surface area contributed by atoms with Gasteiger partial charge in [-0.05, 0) is 36.6 Å². The number of aromatic nitrogens is 1. The van der Waals surface area contributed by atoms with Crippen LogP contribution in [0.1, 0.15) is 44.6 Å². The Hall–Kier alpha value is -3.17. The van der Waals surface area contributed by atoms with E-state index < -0.39 is 24.5 Å². The van der Waals surface area contributed by atoms with E-state index in [-0.39, 0.29) is 5.69 Å². The first-order valence-corrected chi connectivity index (χ1v) is 10.6. The standard InChI is InChI=1S/C23H29N3O6/c1-4-18-20(22(28)30-3)15(2)21(25-18)23(29)32-14-19(27)24-17-7-5-16(6-8-17)13-26-9-11-31-12-10-26/h5-8,25H,4,9-14H2,1-3H3,(H,24,27). The number of morpholine rings is 1. The van der Waals surface area contributed by atoms with Crippen molar-refractivity contribution in [1.29, 1.82) is 0 Å². The lowest BCUT2D eigenvalue weighted by molar-refractivity contribution is -0.119. The summed E-state index contributed by atoms with van der Waals surface area (Å²) < 4.78 is 15.3. The van der Waals surface area contributed by atoms with E-state index >= 15 is 0 Å². The van der Waals surface area contributed by atoms with Gasteiger partial charge in [-0.3, -0.25) is 9.69 Å². The lowest BCUT2D eigenvalue weighted by atomic mass is 10.1. The SMILES string of the molecule is CCc1[nH]c(C(=O)OCC(=O)Nc2ccc(CN3CCOCC3)cc2)c(C)c1C(=O)OC. The van der Waals surface area contributed by atoms with Gasteiger partial charge in [-0.2, -0.15) is 0 Å². The molecule has 3 rings (SSSR count). The van der Waals surface area contributed by atoms with E-state index in [0.717, 1.165) is 38.4 Å². The number of nitrogens with one attached hydrogen (secondary N) is 2. The van der Waals surface area contributed by atoms with Crippen molar-refractivity contribution in [2.45, 2.75) is 26.8 Å². The Morgan fingerprint density at radius 2 is 1.81 bits per heavy atom. The summed E-state index contributed by atoms with van der Waals surface area (Å²) in [6.07, 6.45) is 0.514. The molecule has 0 spiro atoms. The van der Waals surface area contributed by atoms with Crippen LogP contribution in [0.4, 0.5) is 5.69 Å². The van der Waals surface area contributed by atoms with Gasteiger partial charge < -0.3 is 24.5 Å². The molecule has 9 heteroatoms. The number of aryl methyl sites for hydroxylation is 1. The van der Waals surface area contributed by atoms with Gasteiger partial charge in [0.1, 0.15) is 5.69 Å². The van der Waals surface area contributed by atoms with E-state index in [9.17, 15) is 14.4 Å². The lowest BCUT2D eigenvalue weighted by Gasteiger charge is -2.26. The van der Waals surface area contributed by atoms with E-state index in [2.05, 4.69) is 15.2 Å². The maximum absolute atomic E-state index is 12.4. The minimum absolute atomic E-state index is 0.141. The summed E-state index contributed by atoms with van der Waals surface area (Å²) in [6.45, 7) is 7.19. The van der Waals surface area contributed by atoms with Gasteiger partial charge in [0, 0.05) is 31.0 Å². The smallest absolute Gasteiger partial charge is 0.355 e. The molecule has 2 N–H and O–H groups in total. The highest BCUT2D eigenvalue weighted by molar-refractivity contribution is 5.99. The fourth-order valence-corrected chi connectivity index (χ4v) is 3.62. The molecule has 9 nitrogen and oxygen atoms in total. The first-order valence-electron chi connectivity index (χ1n) is 10.6. The number of carbonyl (C=O) groups excluding carboxylic acids is 3. The van der Waals surface area contributed by atoms with Crippen molar-refractivity contribution in [3.63, 3.8) is 0 Å². The number of aromatic amines is 1. The second-order valence-electron chi connectivity index (χ2n) is 7.53. The summed E-state index contributed by atoms with van der Waals surface area (Å²) in [5.41, 5.74) is 3.25. The Morgan fingerprint density at radius 1 is 1.12 bits per heavy atom. The fraction of sp³-hybridized carbons (Fsp3) is 0.435. The number of benzene rings is 1. The second-order valence-corrected chi connectivity index (χ2v) is 7.53. The van der Waals surface area contributed by atoms with Crippen LogP contribution in [0.5, 0.6) is 0 Å². The number of nitrogens with zero attached hydrogens (tertiary/aromatic N) is 1. The zero-order valence-corrected chi connectivity index (χ0v) is 18.7. The van der Waals surface area contributed by atoms with E-state index in [1.807, 2.05) is 31.2 Å². The van der Waals surface area contributed by atoms with Gasteiger partial charge in [-0.15, -0.1) is 0 Å². The molecule has 1 saturated heterocycles. The fourth-order valence-electron chi connectivity index (χ4n) is 3.62. The molecule has 0 aliphatic carbocycles. The Balaban J connectivity index is 1.53. The molecule has 2 heterocycles. The monoisotopic (exact) mass is 443 g/mol. The molecule has 1 aromatic heterocycles. The number of methoxy groups -OCH3 is 1. The first kappa shape index (κ1) is 23.5. The van der Waals surface area contributed by atoms with Crippen LogP contribution in [-0.4, -0.2) is 67.7 Å². The van der Waals surface area contributed by atoms with Crippen molar-refractivity contribution in [3.05, 3.63) is 52.3 Å². The zero-order valence-electron chi connectivity index (χ0n) is 18.7. The summed E-state index contributed by atoms with van der Waals surface area (Å²) in [5, 5.41) is 2.72. The molecule has 0 radical (unpaired) electrons. The van der Waals surface area contributed by atoms with Crippen LogP contribution in [-0.2, 0) is 32.0 Å². The number of esters is 2. The molecule has 0 bridgehead atoms. The molecule has 1 aliphatic heterocycles. The third-order valence-electron chi connectivity index (χ3n) is 5.36. The topological polar surface area (TPSA) is 110 Å². The number of hydrogen-bond acceptors (Lipinski definition) is 7. The summed E-state index contributed by atoms with van der Waals surface area (Å²) in [4.78, 5) is 41.9. The van der Waals surface area contributed by atoms with E-state index in [4.69, 9.17) is 14.2 Å². The maximum atomic E-state index is 12.4. The molecule has 2 aromatic rings. The van der Waals surface area contributed by atoms with Gasteiger partial charge in [0.25, 0.3) is 5.91 Å². The normalized spacial score (nSPS) is 14.1. The molecular formula is C23H29N3O6. The Kier molecular flexibility index (Phi) is 8.02. The largest absolute Gasteiger partial charge is 0.465 e. The minimum Gasteiger partial charge on any atom is -0.465 e. The Labute approximate surface area is 187 Å². The quantitative estimate of drug-likeness (QED) is 0.603. The van der Waals surface area contributed by atoms with Crippen molar-refractivity contribution in [2.24, 2.45) is 0 Å². The maximum Gasteiger partial charge on any atom is 0.355 e. The molecule has 1 amide bonds. The molecule has 1 fully saturated rings. The first-order chi connectivity index (χ1) is 15.4. The van der Waals surface area contributed by atoms with E-state index in [1.54, 1.807) is 6.92 Å². The summed E-state index contributed by atoms with van der Waals surface area (Å²) >= 11 is 0.